The number of H-pyrrole nitrogens is 2. The molecule has 3 aromatic heterocycles. The van der Waals surface area contributed by atoms with Crippen molar-refractivity contribution < 1.29 is 0 Å². The number of pyridine rings is 1. The average molecular weight is 492 g/mol. The minimum absolute atomic E-state index is 0.349. The number of likely N-dealkylation sites (N-methyl/N-ethyl adjacent to an activating group) is 1. The Morgan fingerprint density at radius 1 is 0.946 bits per heavy atom. The molecule has 0 aliphatic carbocycles. The summed E-state index contributed by atoms with van der Waals surface area (Å²) in [5, 5.41) is 13.6. The standard InChI is InChI=1S/C30H33N7/c1-19(2)20(3)32-23-14-22(17-31-18-23)21-8-9-27-25(15-21)30(35-34-27)28-16-24-26(33-28)6-5-7-29(24)37-12-10-36(4)11-13-37/h5-9,14-19,32-33H,3,10-13H2,1-2,4H3,(H,34,35). The molecule has 1 saturated heterocycles. The Morgan fingerprint density at radius 3 is 2.59 bits per heavy atom. The average Bonchev–Trinajstić information content (AvgIpc) is 3.53. The molecule has 0 radical (unpaired) electrons. The van der Waals surface area contributed by atoms with Crippen molar-refractivity contribution in [2.45, 2.75) is 13.8 Å². The van der Waals surface area contributed by atoms with Gasteiger partial charge in [-0.3, -0.25) is 10.1 Å². The number of anilines is 2. The Balaban J connectivity index is 1.36. The number of hydrogen-bond acceptors (Lipinski definition) is 5. The van der Waals surface area contributed by atoms with Crippen LogP contribution in [-0.4, -0.2) is 58.3 Å². The van der Waals surface area contributed by atoms with Crippen LogP contribution in [0.2, 0.25) is 0 Å². The number of rotatable bonds is 6. The molecule has 2 aromatic carbocycles. The molecular formula is C30H33N7. The van der Waals surface area contributed by atoms with Crippen LogP contribution in [0.4, 0.5) is 11.4 Å². The fraction of sp³-hybridized carbons (Fsp3) is 0.267. The smallest absolute Gasteiger partial charge is 0.116 e. The van der Waals surface area contributed by atoms with Gasteiger partial charge in [-0.15, -0.1) is 0 Å². The van der Waals surface area contributed by atoms with Crippen LogP contribution in [0.25, 0.3) is 44.3 Å². The maximum absolute atomic E-state index is 4.71. The van der Waals surface area contributed by atoms with E-state index in [9.17, 15) is 0 Å². The molecule has 7 heteroatoms. The lowest BCUT2D eigenvalue weighted by atomic mass is 10.0. The maximum Gasteiger partial charge on any atom is 0.116 e. The van der Waals surface area contributed by atoms with Crippen molar-refractivity contribution in [3.63, 3.8) is 0 Å². The van der Waals surface area contributed by atoms with E-state index in [-0.39, 0.29) is 0 Å². The van der Waals surface area contributed by atoms with Crippen LogP contribution in [0.5, 0.6) is 0 Å². The lowest BCUT2D eigenvalue weighted by molar-refractivity contribution is 0.313. The zero-order valence-electron chi connectivity index (χ0n) is 21.7. The number of benzene rings is 2. The molecule has 0 spiro atoms. The molecule has 188 valence electrons. The third-order valence-corrected chi connectivity index (χ3v) is 7.38. The summed E-state index contributed by atoms with van der Waals surface area (Å²) in [6.07, 6.45) is 3.73. The summed E-state index contributed by atoms with van der Waals surface area (Å²) in [7, 11) is 2.19. The van der Waals surface area contributed by atoms with Crippen molar-refractivity contribution in [3.8, 4) is 22.5 Å². The number of aromatic nitrogens is 4. The Hall–Kier alpha value is -4.10. The third kappa shape index (κ3) is 4.47. The fourth-order valence-electron chi connectivity index (χ4n) is 4.98. The second-order valence-electron chi connectivity index (χ2n) is 10.3. The van der Waals surface area contributed by atoms with E-state index in [1.165, 1.54) is 11.1 Å². The Labute approximate surface area is 217 Å². The van der Waals surface area contributed by atoms with Gasteiger partial charge in [0.1, 0.15) is 5.69 Å². The number of allylic oxidation sites excluding steroid dienone is 1. The summed E-state index contributed by atoms with van der Waals surface area (Å²) < 4.78 is 0. The van der Waals surface area contributed by atoms with Crippen molar-refractivity contribution >= 4 is 33.2 Å². The number of fused-ring (bicyclic) bond motifs is 2. The topological polar surface area (TPSA) is 75.9 Å². The molecular weight excluding hydrogens is 458 g/mol. The minimum atomic E-state index is 0.349. The number of hydrogen-bond donors (Lipinski definition) is 3. The zero-order valence-corrected chi connectivity index (χ0v) is 21.7. The Kier molecular flexibility index (Phi) is 5.93. The van der Waals surface area contributed by atoms with Crippen LogP contribution in [0, 0.1) is 5.92 Å². The SMILES string of the molecule is C=C(Nc1cncc(-c2ccc3[nH]nc(-c4cc5c(N6CCN(C)CC6)cccc5[nH]4)c3c2)c1)C(C)C. The summed E-state index contributed by atoms with van der Waals surface area (Å²) in [6, 6.07) is 17.3. The second-order valence-corrected chi connectivity index (χ2v) is 10.3. The van der Waals surface area contributed by atoms with E-state index >= 15 is 0 Å². The molecule has 6 rings (SSSR count). The van der Waals surface area contributed by atoms with E-state index in [1.807, 2.05) is 12.4 Å². The van der Waals surface area contributed by atoms with Gasteiger partial charge in [0.15, 0.2) is 0 Å². The summed E-state index contributed by atoms with van der Waals surface area (Å²) in [4.78, 5) is 13.0. The normalized spacial score (nSPS) is 14.6. The van der Waals surface area contributed by atoms with Crippen LogP contribution in [0.15, 0.2) is 73.2 Å². The van der Waals surface area contributed by atoms with Crippen LogP contribution >= 0.6 is 0 Å². The highest BCUT2D eigenvalue weighted by Crippen LogP contribution is 2.35. The first-order chi connectivity index (χ1) is 18.0. The lowest BCUT2D eigenvalue weighted by Gasteiger charge is -2.34. The Bertz CT molecular complexity index is 1580. The van der Waals surface area contributed by atoms with Crippen LogP contribution < -0.4 is 10.2 Å². The molecule has 1 aliphatic rings. The first kappa shape index (κ1) is 23.3. The van der Waals surface area contributed by atoms with E-state index in [0.717, 1.165) is 76.5 Å². The summed E-state index contributed by atoms with van der Waals surface area (Å²) in [5.41, 5.74) is 9.41. The highest BCUT2D eigenvalue weighted by Gasteiger charge is 2.19. The van der Waals surface area contributed by atoms with Gasteiger partial charge in [-0.05, 0) is 54.9 Å². The Morgan fingerprint density at radius 2 is 1.78 bits per heavy atom. The lowest BCUT2D eigenvalue weighted by Crippen LogP contribution is -2.44. The van der Waals surface area contributed by atoms with Crippen molar-refractivity contribution in [1.29, 1.82) is 0 Å². The quantitative estimate of drug-likeness (QED) is 0.267. The molecule has 0 atom stereocenters. The summed E-state index contributed by atoms with van der Waals surface area (Å²) in [6.45, 7) is 12.6. The number of piperazine rings is 1. The highest BCUT2D eigenvalue weighted by molar-refractivity contribution is 6.01. The number of nitrogens with zero attached hydrogens (tertiary/aromatic N) is 4. The van der Waals surface area contributed by atoms with Crippen molar-refractivity contribution in [2.75, 3.05) is 43.4 Å². The van der Waals surface area contributed by atoms with E-state index in [0.29, 0.717) is 5.92 Å². The van der Waals surface area contributed by atoms with Gasteiger partial charge in [-0.1, -0.05) is 32.6 Å². The van der Waals surface area contributed by atoms with Crippen LogP contribution in [0.1, 0.15) is 13.8 Å². The van der Waals surface area contributed by atoms with Gasteiger partial charge in [-0.25, -0.2) is 0 Å². The van der Waals surface area contributed by atoms with E-state index in [4.69, 9.17) is 5.10 Å². The van der Waals surface area contributed by atoms with E-state index in [1.54, 1.807) is 0 Å². The second kappa shape index (κ2) is 9.41. The van der Waals surface area contributed by atoms with Gasteiger partial charge >= 0.3 is 0 Å². The van der Waals surface area contributed by atoms with Gasteiger partial charge in [-0.2, -0.15) is 5.10 Å². The zero-order chi connectivity index (χ0) is 25.5. The predicted octanol–water partition coefficient (Wildman–Crippen LogP) is 6.11. The van der Waals surface area contributed by atoms with Crippen molar-refractivity contribution in [1.82, 2.24) is 25.1 Å². The van der Waals surface area contributed by atoms with E-state index in [2.05, 4.69) is 106 Å². The largest absolute Gasteiger partial charge is 0.368 e. The molecule has 5 aromatic rings. The molecule has 0 saturated carbocycles. The van der Waals surface area contributed by atoms with Gasteiger partial charge in [0.2, 0.25) is 0 Å². The molecule has 1 aliphatic heterocycles. The van der Waals surface area contributed by atoms with Gasteiger partial charge in [0.05, 0.1) is 23.1 Å². The van der Waals surface area contributed by atoms with Gasteiger partial charge < -0.3 is 20.1 Å². The third-order valence-electron chi connectivity index (χ3n) is 7.38. The monoisotopic (exact) mass is 491 g/mol. The van der Waals surface area contributed by atoms with Crippen LogP contribution in [-0.2, 0) is 0 Å². The maximum atomic E-state index is 4.71. The van der Waals surface area contributed by atoms with Gasteiger partial charge in [0.25, 0.3) is 0 Å². The first-order valence-corrected chi connectivity index (χ1v) is 12.9. The molecule has 0 amide bonds. The molecule has 4 heterocycles. The van der Waals surface area contributed by atoms with E-state index < -0.39 is 0 Å². The number of nitrogens with one attached hydrogen (secondary N) is 3. The molecule has 3 N–H and O–H groups in total. The first-order valence-electron chi connectivity index (χ1n) is 12.9. The number of aromatic amines is 2. The molecule has 7 nitrogen and oxygen atoms in total. The highest BCUT2D eigenvalue weighted by atomic mass is 15.2. The van der Waals surface area contributed by atoms with Gasteiger partial charge in [0, 0.05) is 65.6 Å². The molecule has 0 unspecified atom stereocenters. The molecule has 1 fully saturated rings. The van der Waals surface area contributed by atoms with Crippen molar-refractivity contribution in [3.05, 3.63) is 73.2 Å². The molecule has 0 bridgehead atoms. The summed E-state index contributed by atoms with van der Waals surface area (Å²) >= 11 is 0. The fourth-order valence-corrected chi connectivity index (χ4v) is 4.98. The molecule has 37 heavy (non-hydrogen) atoms. The predicted molar refractivity (Wildman–Crippen MR) is 154 cm³/mol. The van der Waals surface area contributed by atoms with Crippen molar-refractivity contribution in [2.24, 2.45) is 5.92 Å². The summed E-state index contributed by atoms with van der Waals surface area (Å²) in [5.74, 6) is 0.349. The minimum Gasteiger partial charge on any atom is -0.368 e. The van der Waals surface area contributed by atoms with Crippen LogP contribution in [0.3, 0.4) is 0 Å².